The summed E-state index contributed by atoms with van der Waals surface area (Å²) < 4.78 is 181. The number of hydrogen-bond donors (Lipinski definition) is 0. The van der Waals surface area contributed by atoms with Crippen LogP contribution in [0.3, 0.4) is 0 Å². The van der Waals surface area contributed by atoms with Gasteiger partial charge in [-0.15, -0.1) is 0 Å². The molecule has 0 saturated carbocycles. The lowest BCUT2D eigenvalue weighted by molar-refractivity contribution is -0.435. The van der Waals surface area contributed by atoms with E-state index in [9.17, 15) is 61.5 Å². The van der Waals surface area contributed by atoms with Gasteiger partial charge in [0.1, 0.15) is 6.61 Å². The van der Waals surface area contributed by atoms with Crippen molar-refractivity contribution in [1.29, 1.82) is 0 Å². The molecule has 1 atom stereocenters. The van der Waals surface area contributed by atoms with Crippen LogP contribution in [0.5, 0.6) is 0 Å². The predicted octanol–water partition coefficient (Wildman–Crippen LogP) is 4.71. The van der Waals surface area contributed by atoms with Gasteiger partial charge in [0, 0.05) is 7.11 Å². The van der Waals surface area contributed by atoms with Crippen molar-refractivity contribution < 1.29 is 66.2 Å². The molecule has 0 rings (SSSR count). The van der Waals surface area contributed by atoms with Crippen LogP contribution in [0.15, 0.2) is 0 Å². The predicted molar refractivity (Wildman–Crippen MR) is 47.6 cm³/mol. The van der Waals surface area contributed by atoms with Gasteiger partial charge in [-0.1, -0.05) is 0 Å². The molecule has 0 aromatic carbocycles. The highest BCUT2D eigenvalue weighted by Crippen LogP contribution is 2.62. The Balaban J connectivity index is 6.63. The Bertz CT molecular complexity index is 440. The Morgan fingerprint density at radius 2 is 1.08 bits per heavy atom. The van der Waals surface area contributed by atoms with Crippen LogP contribution in [-0.2, 0) is 4.74 Å². The summed E-state index contributed by atoms with van der Waals surface area (Å²) in [5, 5.41) is 0. The van der Waals surface area contributed by atoms with Crippen LogP contribution in [-0.4, -0.2) is 55.7 Å². The van der Waals surface area contributed by atoms with Crippen LogP contribution in [0, 0.1) is 0 Å². The monoisotopic (exact) mass is 396 g/mol. The Labute approximate surface area is 123 Å². The molecule has 0 saturated heterocycles. The minimum Gasteiger partial charge on any atom is -0.378 e. The van der Waals surface area contributed by atoms with Gasteiger partial charge in [-0.25, -0.2) is 13.2 Å². The molecule has 24 heavy (non-hydrogen) atoms. The van der Waals surface area contributed by atoms with Gasteiger partial charge in [0.05, 0.1) is 0 Å². The van der Waals surface area contributed by atoms with E-state index >= 15 is 0 Å². The zero-order valence-electron chi connectivity index (χ0n) is 11.0. The fourth-order valence-corrected chi connectivity index (χ4v) is 1.46. The molecule has 0 aliphatic rings. The topological polar surface area (TPSA) is 9.23 Å². The second-order valence-electron chi connectivity index (χ2n) is 4.37. The Morgan fingerprint density at radius 1 is 0.708 bits per heavy atom. The minimum atomic E-state index is -8.00. The van der Waals surface area contributed by atoms with Crippen molar-refractivity contribution in [3.05, 3.63) is 0 Å². The van der Waals surface area contributed by atoms with Crippen LogP contribution in [0.4, 0.5) is 61.5 Å². The third-order valence-electron chi connectivity index (χ3n) is 2.74. The molecule has 15 heteroatoms. The van der Waals surface area contributed by atoms with Gasteiger partial charge >= 0.3 is 42.0 Å². The van der Waals surface area contributed by atoms with E-state index in [0.29, 0.717) is 0 Å². The van der Waals surface area contributed by atoms with Crippen molar-refractivity contribution >= 4 is 0 Å². The molecule has 0 fully saturated rings. The van der Waals surface area contributed by atoms with Crippen molar-refractivity contribution in [3.63, 3.8) is 0 Å². The molecule has 0 bridgehead atoms. The lowest BCUT2D eigenvalue weighted by Crippen LogP contribution is -2.75. The first-order valence-electron chi connectivity index (χ1n) is 5.29. The first kappa shape index (κ1) is 23.0. The van der Waals surface area contributed by atoms with Gasteiger partial charge in [0.25, 0.3) is 0 Å². The smallest absolute Gasteiger partial charge is 0.378 e. The second kappa shape index (κ2) is 6.05. The summed E-state index contributed by atoms with van der Waals surface area (Å²) in [4.78, 5) is 0. The Hall–Kier alpha value is -1.02. The lowest BCUT2D eigenvalue weighted by atomic mass is 9.83. The highest BCUT2D eigenvalue weighted by molar-refractivity contribution is 5.17. The number of alkyl halides is 14. The molecular weight excluding hydrogens is 390 g/mol. The number of ether oxygens (including phenoxy) is 1. The zero-order chi connectivity index (χ0) is 20.0. The molecular formula is C9H6F14O. The van der Waals surface area contributed by atoms with E-state index in [2.05, 4.69) is 4.74 Å². The van der Waals surface area contributed by atoms with Crippen LogP contribution in [0.25, 0.3) is 0 Å². The molecule has 0 aliphatic heterocycles. The fourth-order valence-electron chi connectivity index (χ4n) is 1.46. The van der Waals surface area contributed by atoms with E-state index in [-0.39, 0.29) is 7.11 Å². The normalized spacial score (nSPS) is 18.0. The molecule has 0 radical (unpaired) electrons. The van der Waals surface area contributed by atoms with Crippen LogP contribution in [0.2, 0.25) is 0 Å². The highest BCUT2D eigenvalue weighted by atomic mass is 19.4. The highest BCUT2D eigenvalue weighted by Gasteiger charge is 2.93. The summed E-state index contributed by atoms with van der Waals surface area (Å²) in [5.74, 6) is -29.6. The summed E-state index contributed by atoms with van der Waals surface area (Å²) in [6.45, 7) is -2.89. The molecule has 0 aromatic heterocycles. The van der Waals surface area contributed by atoms with Crippen LogP contribution < -0.4 is 0 Å². The average Bonchev–Trinajstić information content (AvgIpc) is 2.34. The molecule has 1 nitrogen and oxygen atoms in total. The second-order valence-corrected chi connectivity index (χ2v) is 4.37. The van der Waals surface area contributed by atoms with Gasteiger partial charge in [-0.2, -0.15) is 48.3 Å². The van der Waals surface area contributed by atoms with Gasteiger partial charge in [0.15, 0.2) is 0 Å². The van der Waals surface area contributed by atoms with Gasteiger partial charge < -0.3 is 4.74 Å². The van der Waals surface area contributed by atoms with Gasteiger partial charge in [0.2, 0.25) is 0 Å². The van der Waals surface area contributed by atoms with Crippen molar-refractivity contribution in [2.75, 3.05) is 13.7 Å². The molecule has 1 unspecified atom stereocenters. The Morgan fingerprint density at radius 3 is 1.33 bits per heavy atom. The van der Waals surface area contributed by atoms with E-state index < -0.39 is 48.6 Å². The molecule has 0 aliphatic carbocycles. The van der Waals surface area contributed by atoms with E-state index in [1.54, 1.807) is 0 Å². The number of halogens is 14. The number of methoxy groups -OCH3 is 1. The summed E-state index contributed by atoms with van der Waals surface area (Å²) in [7, 11) is 0.120. The standard InChI is InChI=1S/C9H6F14O/c1-24-2-4(12,13)6(16,9(21,22)23)8(19,20)7(17,18)5(14,15)3(10)11/h3H,2H2,1H3. The molecule has 0 aromatic rings. The SMILES string of the molecule is COCC(F)(F)C(F)(C(F)(F)F)C(F)(F)C(F)(F)C(F)(F)C(F)F. The molecule has 0 N–H and O–H groups in total. The van der Waals surface area contributed by atoms with E-state index in [0.717, 1.165) is 0 Å². The third-order valence-corrected chi connectivity index (χ3v) is 2.74. The van der Waals surface area contributed by atoms with E-state index in [4.69, 9.17) is 0 Å². The number of hydrogen-bond acceptors (Lipinski definition) is 1. The summed E-state index contributed by atoms with van der Waals surface area (Å²) in [6.07, 6.45) is -13.3. The first-order valence-corrected chi connectivity index (χ1v) is 5.29. The zero-order valence-corrected chi connectivity index (χ0v) is 11.0. The summed E-state index contributed by atoms with van der Waals surface area (Å²) >= 11 is 0. The van der Waals surface area contributed by atoms with Crippen LogP contribution >= 0.6 is 0 Å². The maximum atomic E-state index is 13.6. The van der Waals surface area contributed by atoms with Crippen molar-refractivity contribution in [3.8, 4) is 0 Å². The number of rotatable bonds is 7. The molecule has 146 valence electrons. The van der Waals surface area contributed by atoms with Crippen molar-refractivity contribution in [1.82, 2.24) is 0 Å². The fraction of sp³-hybridized carbons (Fsp3) is 1.00. The first-order chi connectivity index (χ1) is 10.3. The van der Waals surface area contributed by atoms with Crippen molar-refractivity contribution in [2.45, 2.75) is 42.0 Å². The molecule has 0 heterocycles. The lowest BCUT2D eigenvalue weighted by Gasteiger charge is -2.43. The molecule has 0 spiro atoms. The van der Waals surface area contributed by atoms with E-state index in [1.165, 1.54) is 0 Å². The van der Waals surface area contributed by atoms with Gasteiger partial charge in [-0.05, 0) is 0 Å². The van der Waals surface area contributed by atoms with Crippen LogP contribution in [0.1, 0.15) is 0 Å². The quantitative estimate of drug-likeness (QED) is 0.567. The molecule has 0 amide bonds. The maximum Gasteiger partial charge on any atom is 0.435 e. The van der Waals surface area contributed by atoms with Crippen molar-refractivity contribution in [2.24, 2.45) is 0 Å². The third kappa shape index (κ3) is 2.87. The van der Waals surface area contributed by atoms with E-state index in [1.807, 2.05) is 0 Å². The largest absolute Gasteiger partial charge is 0.435 e. The Kier molecular flexibility index (Phi) is 5.80. The van der Waals surface area contributed by atoms with Gasteiger partial charge in [-0.3, -0.25) is 0 Å². The summed E-state index contributed by atoms with van der Waals surface area (Å²) in [6, 6.07) is 0. The minimum absolute atomic E-state index is 0.120. The maximum absolute atomic E-state index is 13.6. The average molecular weight is 396 g/mol. The summed E-state index contributed by atoms with van der Waals surface area (Å²) in [5.41, 5.74) is -7.65.